The molecule has 0 spiro atoms. The van der Waals surface area contributed by atoms with Gasteiger partial charge in [-0.25, -0.2) is 8.42 Å². The second kappa shape index (κ2) is 8.51. The number of piperazine rings is 1. The third-order valence-electron chi connectivity index (χ3n) is 4.73. The van der Waals surface area contributed by atoms with Crippen molar-refractivity contribution in [1.29, 1.82) is 0 Å². The van der Waals surface area contributed by atoms with Crippen molar-refractivity contribution in [3.63, 3.8) is 0 Å². The summed E-state index contributed by atoms with van der Waals surface area (Å²) in [5, 5.41) is 0.597. The number of amides is 1. The number of carbonyl (C=O) groups is 1. The van der Waals surface area contributed by atoms with Gasteiger partial charge in [-0.3, -0.25) is 4.79 Å². The summed E-state index contributed by atoms with van der Waals surface area (Å²) in [5.41, 5.74) is 1.62. The van der Waals surface area contributed by atoms with E-state index in [4.69, 9.17) is 16.3 Å². The number of aryl methyl sites for hydroxylation is 2. The van der Waals surface area contributed by atoms with Crippen LogP contribution in [0.1, 0.15) is 11.1 Å². The SMILES string of the molecule is Cc1ccc(C)c(S(=O)(=O)N2CCN(C(=O)COc3ccc(Cl)cc3)CC2)c1. The predicted octanol–water partition coefficient (Wildman–Crippen LogP) is 2.87. The zero-order valence-electron chi connectivity index (χ0n) is 15.9. The topological polar surface area (TPSA) is 66.9 Å². The molecule has 28 heavy (non-hydrogen) atoms. The van der Waals surface area contributed by atoms with Crippen LogP contribution in [-0.4, -0.2) is 56.3 Å². The van der Waals surface area contributed by atoms with Gasteiger partial charge >= 0.3 is 0 Å². The van der Waals surface area contributed by atoms with Crippen LogP contribution < -0.4 is 4.74 Å². The first kappa shape index (κ1) is 20.6. The molecule has 1 heterocycles. The highest BCUT2D eigenvalue weighted by molar-refractivity contribution is 7.89. The van der Waals surface area contributed by atoms with Gasteiger partial charge in [0.05, 0.1) is 4.90 Å². The first-order chi connectivity index (χ1) is 13.3. The summed E-state index contributed by atoms with van der Waals surface area (Å²) in [6.07, 6.45) is 0. The minimum absolute atomic E-state index is 0.0919. The van der Waals surface area contributed by atoms with Crippen molar-refractivity contribution < 1.29 is 17.9 Å². The summed E-state index contributed by atoms with van der Waals surface area (Å²) in [6.45, 7) is 4.78. The molecule has 0 saturated carbocycles. The predicted molar refractivity (Wildman–Crippen MR) is 108 cm³/mol. The van der Waals surface area contributed by atoms with Crippen LogP contribution in [0.15, 0.2) is 47.4 Å². The monoisotopic (exact) mass is 422 g/mol. The summed E-state index contributed by atoms with van der Waals surface area (Å²) in [7, 11) is -3.57. The van der Waals surface area contributed by atoms with Crippen LogP contribution in [0, 0.1) is 13.8 Å². The quantitative estimate of drug-likeness (QED) is 0.743. The van der Waals surface area contributed by atoms with Crippen LogP contribution in [0.4, 0.5) is 0 Å². The van der Waals surface area contributed by atoms with Gasteiger partial charge in [0.15, 0.2) is 6.61 Å². The van der Waals surface area contributed by atoms with E-state index in [-0.39, 0.29) is 25.6 Å². The highest BCUT2D eigenvalue weighted by atomic mass is 35.5. The van der Waals surface area contributed by atoms with E-state index in [2.05, 4.69) is 0 Å². The van der Waals surface area contributed by atoms with E-state index in [9.17, 15) is 13.2 Å². The van der Waals surface area contributed by atoms with Crippen molar-refractivity contribution in [3.05, 3.63) is 58.6 Å². The average Bonchev–Trinajstić information content (AvgIpc) is 2.69. The van der Waals surface area contributed by atoms with Crippen molar-refractivity contribution >= 4 is 27.5 Å². The molecule has 1 saturated heterocycles. The fourth-order valence-electron chi connectivity index (χ4n) is 3.07. The Balaban J connectivity index is 1.58. The molecule has 150 valence electrons. The number of benzene rings is 2. The molecule has 1 amide bonds. The summed E-state index contributed by atoms with van der Waals surface area (Å²) < 4.78 is 32.9. The number of halogens is 1. The van der Waals surface area contributed by atoms with Crippen LogP contribution >= 0.6 is 11.6 Å². The molecule has 0 atom stereocenters. The molecule has 2 aromatic rings. The molecule has 6 nitrogen and oxygen atoms in total. The lowest BCUT2D eigenvalue weighted by Crippen LogP contribution is -2.51. The van der Waals surface area contributed by atoms with Crippen LogP contribution in [0.3, 0.4) is 0 Å². The van der Waals surface area contributed by atoms with E-state index in [0.29, 0.717) is 28.8 Å². The van der Waals surface area contributed by atoms with Crippen molar-refractivity contribution in [3.8, 4) is 5.75 Å². The molecule has 0 radical (unpaired) electrons. The Morgan fingerprint density at radius 1 is 1.04 bits per heavy atom. The van der Waals surface area contributed by atoms with E-state index in [1.54, 1.807) is 42.2 Å². The zero-order valence-corrected chi connectivity index (χ0v) is 17.5. The second-order valence-corrected chi connectivity index (χ2v) is 9.14. The van der Waals surface area contributed by atoms with Crippen molar-refractivity contribution in [2.24, 2.45) is 0 Å². The summed E-state index contributed by atoms with van der Waals surface area (Å²) in [6, 6.07) is 12.2. The van der Waals surface area contributed by atoms with Gasteiger partial charge in [0.25, 0.3) is 5.91 Å². The van der Waals surface area contributed by atoms with Crippen molar-refractivity contribution in [1.82, 2.24) is 9.21 Å². The van der Waals surface area contributed by atoms with Gasteiger partial charge in [-0.15, -0.1) is 0 Å². The Morgan fingerprint density at radius 3 is 2.32 bits per heavy atom. The molecular weight excluding hydrogens is 400 g/mol. The van der Waals surface area contributed by atoms with Gasteiger partial charge in [0.2, 0.25) is 10.0 Å². The lowest BCUT2D eigenvalue weighted by molar-refractivity contribution is -0.134. The Morgan fingerprint density at radius 2 is 1.68 bits per heavy atom. The van der Waals surface area contributed by atoms with Gasteiger partial charge in [-0.1, -0.05) is 23.7 Å². The minimum Gasteiger partial charge on any atom is -0.484 e. The van der Waals surface area contributed by atoms with E-state index < -0.39 is 10.0 Å². The number of hydrogen-bond acceptors (Lipinski definition) is 4. The van der Waals surface area contributed by atoms with Gasteiger partial charge < -0.3 is 9.64 Å². The molecule has 0 N–H and O–H groups in total. The highest BCUT2D eigenvalue weighted by Crippen LogP contribution is 2.22. The van der Waals surface area contributed by atoms with Crippen LogP contribution in [0.25, 0.3) is 0 Å². The van der Waals surface area contributed by atoms with Crippen LogP contribution in [-0.2, 0) is 14.8 Å². The van der Waals surface area contributed by atoms with Crippen molar-refractivity contribution in [2.45, 2.75) is 18.7 Å². The Hall–Kier alpha value is -2.09. The van der Waals surface area contributed by atoms with Gasteiger partial charge in [-0.2, -0.15) is 4.31 Å². The number of nitrogens with zero attached hydrogens (tertiary/aromatic N) is 2. The zero-order chi connectivity index (χ0) is 20.3. The maximum absolute atomic E-state index is 13.0. The molecule has 0 bridgehead atoms. The highest BCUT2D eigenvalue weighted by Gasteiger charge is 2.31. The number of rotatable bonds is 5. The molecule has 1 aliphatic rings. The Bertz CT molecular complexity index is 953. The molecule has 0 aromatic heterocycles. The Kier molecular flexibility index (Phi) is 6.27. The van der Waals surface area contributed by atoms with Gasteiger partial charge in [0, 0.05) is 31.2 Å². The average molecular weight is 423 g/mol. The fourth-order valence-corrected chi connectivity index (χ4v) is 4.93. The molecular formula is C20H23ClN2O4S. The standard InChI is InChI=1S/C20H23ClN2O4S/c1-15-3-4-16(2)19(13-15)28(25,26)23-11-9-22(10-12-23)20(24)14-27-18-7-5-17(21)6-8-18/h3-8,13H,9-12,14H2,1-2H3. The largest absolute Gasteiger partial charge is 0.484 e. The first-order valence-electron chi connectivity index (χ1n) is 9.01. The Labute approximate surface area is 170 Å². The van der Waals surface area contributed by atoms with Crippen molar-refractivity contribution in [2.75, 3.05) is 32.8 Å². The molecule has 3 rings (SSSR count). The summed E-state index contributed by atoms with van der Waals surface area (Å²) in [5.74, 6) is 0.396. The molecule has 1 aliphatic heterocycles. The molecule has 0 aliphatic carbocycles. The van der Waals surface area contributed by atoms with E-state index in [0.717, 1.165) is 11.1 Å². The number of carbonyl (C=O) groups excluding carboxylic acids is 1. The molecule has 1 fully saturated rings. The van der Waals surface area contributed by atoms with E-state index in [1.807, 2.05) is 19.1 Å². The fraction of sp³-hybridized carbons (Fsp3) is 0.350. The molecule has 8 heteroatoms. The van der Waals surface area contributed by atoms with Crippen LogP contribution in [0.5, 0.6) is 5.75 Å². The van der Waals surface area contributed by atoms with E-state index in [1.165, 1.54) is 4.31 Å². The van der Waals surface area contributed by atoms with E-state index >= 15 is 0 Å². The third-order valence-corrected chi connectivity index (χ3v) is 7.02. The maximum Gasteiger partial charge on any atom is 0.260 e. The number of sulfonamides is 1. The second-order valence-electron chi connectivity index (χ2n) is 6.80. The minimum atomic E-state index is -3.57. The van der Waals surface area contributed by atoms with Crippen LogP contribution in [0.2, 0.25) is 5.02 Å². The van der Waals surface area contributed by atoms with Gasteiger partial charge in [-0.05, 0) is 55.3 Å². The smallest absolute Gasteiger partial charge is 0.260 e. The lowest BCUT2D eigenvalue weighted by atomic mass is 10.2. The number of ether oxygens (including phenoxy) is 1. The van der Waals surface area contributed by atoms with Gasteiger partial charge in [0.1, 0.15) is 5.75 Å². The first-order valence-corrected chi connectivity index (χ1v) is 10.8. The lowest BCUT2D eigenvalue weighted by Gasteiger charge is -2.34. The molecule has 2 aromatic carbocycles. The number of hydrogen-bond donors (Lipinski definition) is 0. The molecule has 0 unspecified atom stereocenters. The summed E-state index contributed by atoms with van der Waals surface area (Å²) >= 11 is 5.82. The maximum atomic E-state index is 13.0. The third kappa shape index (κ3) is 4.66. The summed E-state index contributed by atoms with van der Waals surface area (Å²) in [4.78, 5) is 14.3. The normalized spacial score (nSPS) is 15.5.